The predicted molar refractivity (Wildman–Crippen MR) is 79.9 cm³/mol. The van der Waals surface area contributed by atoms with Crippen molar-refractivity contribution in [1.29, 1.82) is 0 Å². The van der Waals surface area contributed by atoms with Crippen molar-refractivity contribution in [3.05, 3.63) is 17.7 Å². The molecule has 6 nitrogen and oxygen atoms in total. The van der Waals surface area contributed by atoms with Gasteiger partial charge in [-0.25, -0.2) is 0 Å². The van der Waals surface area contributed by atoms with Crippen molar-refractivity contribution < 1.29 is 19.0 Å². The minimum absolute atomic E-state index is 0.0210. The highest BCUT2D eigenvalue weighted by Gasteiger charge is 2.32. The number of rotatable bonds is 4. The summed E-state index contributed by atoms with van der Waals surface area (Å²) in [6, 6.07) is 3.35. The van der Waals surface area contributed by atoms with Gasteiger partial charge in [0.15, 0.2) is 0 Å². The van der Waals surface area contributed by atoms with E-state index in [0.717, 1.165) is 6.42 Å². The van der Waals surface area contributed by atoms with Crippen LogP contribution in [-0.2, 0) is 4.74 Å². The Morgan fingerprint density at radius 2 is 2.10 bits per heavy atom. The van der Waals surface area contributed by atoms with Crippen LogP contribution in [0.5, 0.6) is 11.5 Å². The third-order valence-corrected chi connectivity index (χ3v) is 3.96. The van der Waals surface area contributed by atoms with E-state index in [0.29, 0.717) is 29.4 Å². The Morgan fingerprint density at radius 3 is 2.62 bits per heavy atom. The molecule has 0 spiro atoms. The number of anilines is 1. The molecule has 2 rings (SSSR count). The molecule has 1 heterocycles. The lowest BCUT2D eigenvalue weighted by Crippen LogP contribution is -2.41. The van der Waals surface area contributed by atoms with Crippen molar-refractivity contribution in [2.75, 3.05) is 33.6 Å². The van der Waals surface area contributed by atoms with Crippen LogP contribution in [0.3, 0.4) is 0 Å². The van der Waals surface area contributed by atoms with Crippen LogP contribution in [0.1, 0.15) is 23.7 Å². The zero-order chi connectivity index (χ0) is 15.6. The first-order chi connectivity index (χ1) is 9.99. The van der Waals surface area contributed by atoms with Gasteiger partial charge in [0.25, 0.3) is 5.91 Å². The summed E-state index contributed by atoms with van der Waals surface area (Å²) in [4.78, 5) is 14.4. The standard InChI is InChI=1S/C15H22N2O4/c1-9-12(5-6-21-9)17(2)15(18)11-7-10(19-3)8-13(20-4)14(11)16/h7-9,12H,5-6,16H2,1-4H3. The third kappa shape index (κ3) is 2.90. The Morgan fingerprint density at radius 1 is 1.38 bits per heavy atom. The zero-order valence-electron chi connectivity index (χ0n) is 12.9. The summed E-state index contributed by atoms with van der Waals surface area (Å²) >= 11 is 0. The van der Waals surface area contributed by atoms with Crippen LogP contribution in [-0.4, -0.2) is 50.8 Å². The number of likely N-dealkylation sites (N-methyl/N-ethyl adjacent to an activating group) is 1. The smallest absolute Gasteiger partial charge is 0.256 e. The minimum Gasteiger partial charge on any atom is -0.497 e. The van der Waals surface area contributed by atoms with E-state index in [4.69, 9.17) is 19.9 Å². The predicted octanol–water partition coefficient (Wildman–Crippen LogP) is 1.54. The summed E-state index contributed by atoms with van der Waals surface area (Å²) in [5.41, 5.74) is 6.73. The van der Waals surface area contributed by atoms with E-state index in [9.17, 15) is 4.79 Å². The highest BCUT2D eigenvalue weighted by molar-refractivity contribution is 6.01. The van der Waals surface area contributed by atoms with Crippen molar-refractivity contribution >= 4 is 11.6 Å². The second-order valence-corrected chi connectivity index (χ2v) is 5.14. The fourth-order valence-electron chi connectivity index (χ4n) is 2.63. The number of benzene rings is 1. The molecule has 116 valence electrons. The van der Waals surface area contributed by atoms with Crippen molar-refractivity contribution in [1.82, 2.24) is 4.90 Å². The zero-order valence-corrected chi connectivity index (χ0v) is 12.9. The van der Waals surface area contributed by atoms with Gasteiger partial charge in [-0.2, -0.15) is 0 Å². The number of nitrogens with two attached hydrogens (primary N) is 1. The number of amides is 1. The molecule has 1 saturated heterocycles. The second kappa shape index (κ2) is 6.22. The lowest BCUT2D eigenvalue weighted by molar-refractivity contribution is 0.0575. The molecule has 2 unspecified atom stereocenters. The molecule has 2 N–H and O–H groups in total. The van der Waals surface area contributed by atoms with Crippen molar-refractivity contribution in [2.24, 2.45) is 0 Å². The van der Waals surface area contributed by atoms with Gasteiger partial charge in [0.2, 0.25) is 0 Å². The summed E-state index contributed by atoms with van der Waals surface area (Å²) in [7, 11) is 4.81. The molecule has 0 aliphatic carbocycles. The first kappa shape index (κ1) is 15.4. The van der Waals surface area contributed by atoms with E-state index in [-0.39, 0.29) is 18.1 Å². The number of carbonyl (C=O) groups excluding carboxylic acids is 1. The average molecular weight is 294 g/mol. The summed E-state index contributed by atoms with van der Waals surface area (Å²) in [6.45, 7) is 2.64. The minimum atomic E-state index is -0.160. The molecular weight excluding hydrogens is 272 g/mol. The number of methoxy groups -OCH3 is 2. The molecule has 0 aromatic heterocycles. The third-order valence-electron chi connectivity index (χ3n) is 3.96. The quantitative estimate of drug-likeness (QED) is 0.853. The van der Waals surface area contributed by atoms with Gasteiger partial charge >= 0.3 is 0 Å². The molecule has 1 amide bonds. The van der Waals surface area contributed by atoms with Crippen LogP contribution >= 0.6 is 0 Å². The van der Waals surface area contributed by atoms with Crippen LogP contribution in [0, 0.1) is 0 Å². The maximum absolute atomic E-state index is 12.7. The number of carbonyl (C=O) groups is 1. The van der Waals surface area contributed by atoms with Crippen LogP contribution in [0.2, 0.25) is 0 Å². The van der Waals surface area contributed by atoms with Gasteiger partial charge in [-0.15, -0.1) is 0 Å². The maximum Gasteiger partial charge on any atom is 0.256 e. The Bertz CT molecular complexity index is 533. The molecule has 0 bridgehead atoms. The fourth-order valence-corrected chi connectivity index (χ4v) is 2.63. The van der Waals surface area contributed by atoms with Gasteiger partial charge in [-0.05, 0) is 19.4 Å². The Hall–Kier alpha value is -1.95. The van der Waals surface area contributed by atoms with Crippen molar-refractivity contribution in [3.8, 4) is 11.5 Å². The molecule has 2 atom stereocenters. The lowest BCUT2D eigenvalue weighted by Gasteiger charge is -2.27. The van der Waals surface area contributed by atoms with Gasteiger partial charge < -0.3 is 24.8 Å². The fraction of sp³-hybridized carbons (Fsp3) is 0.533. The summed E-state index contributed by atoms with van der Waals surface area (Å²) in [6.07, 6.45) is 0.845. The molecule has 1 aliphatic rings. The number of nitrogens with zero attached hydrogens (tertiary/aromatic N) is 1. The summed E-state index contributed by atoms with van der Waals surface area (Å²) in [5.74, 6) is 0.808. The maximum atomic E-state index is 12.7. The Labute approximate surface area is 124 Å². The van der Waals surface area contributed by atoms with Crippen LogP contribution in [0.25, 0.3) is 0 Å². The van der Waals surface area contributed by atoms with Crippen molar-refractivity contribution in [2.45, 2.75) is 25.5 Å². The molecule has 1 aromatic carbocycles. The monoisotopic (exact) mass is 294 g/mol. The van der Waals surface area contributed by atoms with Gasteiger partial charge in [0, 0.05) is 19.7 Å². The molecule has 0 radical (unpaired) electrons. The van der Waals surface area contributed by atoms with Gasteiger partial charge in [0.05, 0.1) is 37.6 Å². The molecule has 0 saturated carbocycles. The van der Waals surface area contributed by atoms with Gasteiger partial charge in [-0.3, -0.25) is 4.79 Å². The van der Waals surface area contributed by atoms with E-state index in [1.165, 1.54) is 14.2 Å². The summed E-state index contributed by atoms with van der Waals surface area (Å²) in [5, 5.41) is 0. The molecular formula is C15H22N2O4. The number of ether oxygens (including phenoxy) is 3. The van der Waals surface area contributed by atoms with E-state index >= 15 is 0 Å². The van der Waals surface area contributed by atoms with Gasteiger partial charge in [-0.1, -0.05) is 0 Å². The lowest BCUT2D eigenvalue weighted by atomic mass is 10.1. The number of nitrogen functional groups attached to an aromatic ring is 1. The summed E-state index contributed by atoms with van der Waals surface area (Å²) < 4.78 is 15.9. The highest BCUT2D eigenvalue weighted by atomic mass is 16.5. The van der Waals surface area contributed by atoms with E-state index < -0.39 is 0 Å². The van der Waals surface area contributed by atoms with Crippen LogP contribution in [0.15, 0.2) is 12.1 Å². The van der Waals surface area contributed by atoms with E-state index in [2.05, 4.69) is 0 Å². The largest absolute Gasteiger partial charge is 0.497 e. The average Bonchev–Trinajstić information content (AvgIpc) is 2.92. The molecule has 1 aliphatic heterocycles. The van der Waals surface area contributed by atoms with E-state index in [1.54, 1.807) is 24.1 Å². The first-order valence-corrected chi connectivity index (χ1v) is 6.89. The van der Waals surface area contributed by atoms with E-state index in [1.807, 2.05) is 6.92 Å². The molecule has 21 heavy (non-hydrogen) atoms. The normalized spacial score (nSPS) is 21.1. The molecule has 1 aromatic rings. The molecule has 6 heteroatoms. The Kier molecular flexibility index (Phi) is 4.57. The molecule has 1 fully saturated rings. The first-order valence-electron chi connectivity index (χ1n) is 6.89. The van der Waals surface area contributed by atoms with Crippen molar-refractivity contribution in [3.63, 3.8) is 0 Å². The SMILES string of the molecule is COc1cc(OC)c(N)c(C(=O)N(C)C2CCOC2C)c1. The topological polar surface area (TPSA) is 74.0 Å². The second-order valence-electron chi connectivity index (χ2n) is 5.14. The Balaban J connectivity index is 2.33. The highest BCUT2D eigenvalue weighted by Crippen LogP contribution is 2.32. The van der Waals surface area contributed by atoms with Gasteiger partial charge in [0.1, 0.15) is 11.5 Å². The van der Waals surface area contributed by atoms with Crippen LogP contribution in [0.4, 0.5) is 5.69 Å². The number of hydrogen-bond acceptors (Lipinski definition) is 5. The van der Waals surface area contributed by atoms with Crippen LogP contribution < -0.4 is 15.2 Å². The number of hydrogen-bond donors (Lipinski definition) is 1.